The van der Waals surface area contributed by atoms with Gasteiger partial charge >= 0.3 is 0 Å². The molecule has 68 heavy (non-hydrogen) atoms. The van der Waals surface area contributed by atoms with Crippen LogP contribution in [0.25, 0.3) is 122 Å². The van der Waals surface area contributed by atoms with E-state index < -0.39 is 0 Å². The van der Waals surface area contributed by atoms with E-state index in [9.17, 15) is 0 Å². The van der Waals surface area contributed by atoms with Gasteiger partial charge in [-0.15, -0.1) is 0 Å². The van der Waals surface area contributed by atoms with Crippen LogP contribution in [0.2, 0.25) is 0 Å². The van der Waals surface area contributed by atoms with Crippen molar-refractivity contribution in [3.05, 3.63) is 255 Å². The zero-order valence-electron chi connectivity index (χ0n) is 37.0. The molecule has 3 aromatic heterocycles. The van der Waals surface area contributed by atoms with Gasteiger partial charge in [0.15, 0.2) is 5.82 Å². The van der Waals surface area contributed by atoms with Gasteiger partial charge in [0.05, 0.1) is 33.5 Å². The number of hydrogen-bond donors (Lipinski definition) is 0. The van der Waals surface area contributed by atoms with Gasteiger partial charge in [-0.3, -0.25) is 0 Å². The van der Waals surface area contributed by atoms with E-state index in [1.54, 1.807) is 0 Å². The molecule has 0 aliphatic rings. The molecule has 4 nitrogen and oxygen atoms in total. The molecule has 0 N–H and O–H groups in total. The molecule has 10 aromatic carbocycles. The Hall–Kier alpha value is -9.12. The standard InChI is InChI=1S/C64H42N4/c1-4-17-43(18-5-1)58-42-59(44-19-6-2-7-20-44)66-64(65-58)51-25-15-23-47(38-51)48-24-16-28-53(39-48)68-61-32-13-11-30-55(61)57-41-50(34-36-63(57)68)46-22-14-21-45(37-46)49-33-35-62-56(40-49)54-29-10-12-31-60(54)67(62)52-26-8-3-9-27-52/h1-42H. The molecule has 0 unspecified atom stereocenters. The van der Waals surface area contributed by atoms with Crippen molar-refractivity contribution < 1.29 is 0 Å². The third kappa shape index (κ3) is 6.86. The predicted molar refractivity (Wildman–Crippen MR) is 283 cm³/mol. The molecule has 0 aliphatic heterocycles. The fraction of sp³-hybridized carbons (Fsp3) is 0. The Morgan fingerprint density at radius 1 is 0.221 bits per heavy atom. The molecule has 0 amide bonds. The maximum Gasteiger partial charge on any atom is 0.160 e. The third-order valence-electron chi connectivity index (χ3n) is 13.3. The molecule has 13 aromatic rings. The van der Waals surface area contributed by atoms with E-state index in [0.29, 0.717) is 5.82 Å². The molecule has 13 rings (SSSR count). The molecule has 318 valence electrons. The lowest BCUT2D eigenvalue weighted by molar-refractivity contribution is 1.18. The lowest BCUT2D eigenvalue weighted by atomic mass is 9.97. The zero-order chi connectivity index (χ0) is 45.0. The summed E-state index contributed by atoms with van der Waals surface area (Å²) in [5.41, 5.74) is 18.9. The summed E-state index contributed by atoms with van der Waals surface area (Å²) in [5, 5.41) is 4.94. The lowest BCUT2D eigenvalue weighted by Gasteiger charge is -2.12. The fourth-order valence-corrected chi connectivity index (χ4v) is 10.1. The molecule has 0 saturated carbocycles. The molecule has 0 spiro atoms. The summed E-state index contributed by atoms with van der Waals surface area (Å²) in [4.78, 5) is 10.2. The first-order chi connectivity index (χ1) is 33.7. The number of benzene rings is 10. The van der Waals surface area contributed by atoms with Crippen LogP contribution < -0.4 is 0 Å². The largest absolute Gasteiger partial charge is 0.309 e. The van der Waals surface area contributed by atoms with Crippen LogP contribution in [0, 0.1) is 0 Å². The van der Waals surface area contributed by atoms with Crippen LogP contribution in [0.5, 0.6) is 0 Å². The number of nitrogens with zero attached hydrogens (tertiary/aromatic N) is 4. The first-order valence-corrected chi connectivity index (χ1v) is 23.1. The molecule has 0 aliphatic carbocycles. The van der Waals surface area contributed by atoms with Gasteiger partial charge in [-0.1, -0.05) is 176 Å². The zero-order valence-corrected chi connectivity index (χ0v) is 37.0. The van der Waals surface area contributed by atoms with Crippen molar-refractivity contribution in [3.63, 3.8) is 0 Å². The summed E-state index contributed by atoms with van der Waals surface area (Å²) < 4.78 is 4.77. The van der Waals surface area contributed by atoms with Crippen LogP contribution in [0.1, 0.15) is 0 Å². The highest BCUT2D eigenvalue weighted by atomic mass is 15.0. The average molecular weight is 867 g/mol. The second-order valence-electron chi connectivity index (χ2n) is 17.4. The van der Waals surface area contributed by atoms with Crippen molar-refractivity contribution in [1.82, 2.24) is 19.1 Å². The normalized spacial score (nSPS) is 11.5. The quantitative estimate of drug-likeness (QED) is 0.153. The van der Waals surface area contributed by atoms with E-state index in [-0.39, 0.29) is 0 Å². The lowest BCUT2D eigenvalue weighted by Crippen LogP contribution is -1.96. The first kappa shape index (κ1) is 39.3. The highest BCUT2D eigenvalue weighted by Gasteiger charge is 2.17. The van der Waals surface area contributed by atoms with Crippen LogP contribution in [-0.2, 0) is 0 Å². The summed E-state index contributed by atoms with van der Waals surface area (Å²) in [6.45, 7) is 0. The van der Waals surface area contributed by atoms with Crippen molar-refractivity contribution in [2.24, 2.45) is 0 Å². The molecule has 0 radical (unpaired) electrons. The minimum absolute atomic E-state index is 0.695. The summed E-state index contributed by atoms with van der Waals surface area (Å²) in [6.07, 6.45) is 0. The van der Waals surface area contributed by atoms with E-state index in [1.165, 1.54) is 60.3 Å². The summed E-state index contributed by atoms with van der Waals surface area (Å²) in [5.74, 6) is 0.695. The van der Waals surface area contributed by atoms with Crippen LogP contribution in [0.3, 0.4) is 0 Å². The molecule has 0 bridgehead atoms. The number of aromatic nitrogens is 4. The predicted octanol–water partition coefficient (Wildman–Crippen LogP) is 16.7. The van der Waals surface area contributed by atoms with E-state index in [2.05, 4.69) is 252 Å². The van der Waals surface area contributed by atoms with Crippen molar-refractivity contribution in [3.8, 4) is 78.7 Å². The number of fused-ring (bicyclic) bond motifs is 6. The van der Waals surface area contributed by atoms with Crippen LogP contribution >= 0.6 is 0 Å². The van der Waals surface area contributed by atoms with Gasteiger partial charge in [0, 0.05) is 49.6 Å². The van der Waals surface area contributed by atoms with Gasteiger partial charge in [0.2, 0.25) is 0 Å². The number of para-hydroxylation sites is 3. The van der Waals surface area contributed by atoms with Crippen molar-refractivity contribution in [2.45, 2.75) is 0 Å². The minimum Gasteiger partial charge on any atom is -0.309 e. The number of rotatable bonds is 8. The van der Waals surface area contributed by atoms with Crippen LogP contribution in [0.4, 0.5) is 0 Å². The van der Waals surface area contributed by atoms with Gasteiger partial charge in [0.1, 0.15) is 0 Å². The third-order valence-corrected chi connectivity index (χ3v) is 13.3. The smallest absolute Gasteiger partial charge is 0.160 e. The summed E-state index contributed by atoms with van der Waals surface area (Å²) in [6, 6.07) is 91.2. The van der Waals surface area contributed by atoms with E-state index in [4.69, 9.17) is 9.97 Å². The number of hydrogen-bond acceptors (Lipinski definition) is 2. The highest BCUT2D eigenvalue weighted by molar-refractivity contribution is 6.12. The van der Waals surface area contributed by atoms with Gasteiger partial charge in [-0.2, -0.15) is 0 Å². The molecule has 0 atom stereocenters. The summed E-state index contributed by atoms with van der Waals surface area (Å²) >= 11 is 0. The van der Waals surface area contributed by atoms with E-state index >= 15 is 0 Å². The molecule has 0 saturated heterocycles. The molecular formula is C64H42N4. The maximum atomic E-state index is 5.12. The second kappa shape index (κ2) is 16.4. The van der Waals surface area contributed by atoms with Crippen molar-refractivity contribution >= 4 is 43.6 Å². The molecule has 3 heterocycles. The Balaban J connectivity index is 0.865. The van der Waals surface area contributed by atoms with Gasteiger partial charge in [-0.05, 0) is 112 Å². The topological polar surface area (TPSA) is 35.6 Å². The van der Waals surface area contributed by atoms with Crippen LogP contribution in [-0.4, -0.2) is 19.1 Å². The average Bonchev–Trinajstić information content (AvgIpc) is 3.94. The minimum atomic E-state index is 0.695. The Morgan fingerprint density at radius 2 is 0.588 bits per heavy atom. The molecular weight excluding hydrogens is 825 g/mol. The van der Waals surface area contributed by atoms with Gasteiger partial charge in [0.25, 0.3) is 0 Å². The Morgan fingerprint density at radius 3 is 1.13 bits per heavy atom. The highest BCUT2D eigenvalue weighted by Crippen LogP contribution is 2.39. The first-order valence-electron chi connectivity index (χ1n) is 23.1. The van der Waals surface area contributed by atoms with E-state index in [0.717, 1.165) is 56.1 Å². The SMILES string of the molecule is c1ccc(-c2cc(-c3ccccc3)nc(-c3cccc(-c4cccc(-n5c6ccccc6c6cc(-c7cccc(-c8ccc9c(c8)c8ccccc8n9-c8ccccc8)c7)ccc65)c4)c3)n2)cc1. The van der Waals surface area contributed by atoms with Gasteiger partial charge < -0.3 is 9.13 Å². The maximum absolute atomic E-state index is 5.12. The Labute approximate surface area is 394 Å². The van der Waals surface area contributed by atoms with E-state index in [1.807, 2.05) is 12.1 Å². The second-order valence-corrected chi connectivity index (χ2v) is 17.4. The monoisotopic (exact) mass is 866 g/mol. The van der Waals surface area contributed by atoms with Crippen molar-refractivity contribution in [1.29, 1.82) is 0 Å². The van der Waals surface area contributed by atoms with Gasteiger partial charge in [-0.25, -0.2) is 9.97 Å². The molecule has 4 heteroatoms. The Bertz CT molecular complexity index is 3960. The fourth-order valence-electron chi connectivity index (χ4n) is 10.1. The Kier molecular flexibility index (Phi) is 9.47. The molecule has 0 fully saturated rings. The summed E-state index contributed by atoms with van der Waals surface area (Å²) in [7, 11) is 0. The van der Waals surface area contributed by atoms with Crippen LogP contribution in [0.15, 0.2) is 255 Å². The van der Waals surface area contributed by atoms with Crippen molar-refractivity contribution in [2.75, 3.05) is 0 Å².